The molecule has 33 heavy (non-hydrogen) atoms. The van der Waals surface area contributed by atoms with Crippen molar-refractivity contribution in [3.63, 3.8) is 0 Å². The Hall–Kier alpha value is -3.94. The van der Waals surface area contributed by atoms with Gasteiger partial charge in [0.25, 0.3) is 5.91 Å². The number of aromatic nitrogens is 2. The molecule has 3 aromatic rings. The van der Waals surface area contributed by atoms with Gasteiger partial charge in [0, 0.05) is 46.5 Å². The highest BCUT2D eigenvalue weighted by molar-refractivity contribution is 5.87. The molecule has 0 saturated heterocycles. The van der Waals surface area contributed by atoms with Crippen molar-refractivity contribution in [2.45, 2.75) is 38.6 Å². The zero-order chi connectivity index (χ0) is 23.2. The van der Waals surface area contributed by atoms with Crippen molar-refractivity contribution < 1.29 is 9.53 Å². The van der Waals surface area contributed by atoms with Gasteiger partial charge in [-0.1, -0.05) is 25.0 Å². The van der Waals surface area contributed by atoms with Gasteiger partial charge in [-0.2, -0.15) is 0 Å². The second kappa shape index (κ2) is 10.1. The number of anilines is 3. The van der Waals surface area contributed by atoms with Crippen LogP contribution in [0.1, 0.15) is 36.8 Å². The topological polar surface area (TPSA) is 126 Å². The molecule has 0 spiro atoms. The summed E-state index contributed by atoms with van der Waals surface area (Å²) in [6.07, 6.45) is 7.40. The third kappa shape index (κ3) is 5.65. The minimum atomic E-state index is -0.0989. The first-order valence-corrected chi connectivity index (χ1v) is 11.0. The van der Waals surface area contributed by atoms with Gasteiger partial charge in [0.15, 0.2) is 12.4 Å². The Balaban J connectivity index is 1.46. The molecule has 0 atom stereocenters. The first-order valence-electron chi connectivity index (χ1n) is 11.0. The molecular formula is C25H28N6O2. The van der Waals surface area contributed by atoms with Crippen LogP contribution in [0.2, 0.25) is 0 Å². The number of nitrogens with two attached hydrogens (primary N) is 1. The fraction of sp³-hybridized carbons (Fsp3) is 0.280. The highest BCUT2D eigenvalue weighted by Gasteiger charge is 2.17. The average molecular weight is 445 g/mol. The predicted octanol–water partition coefficient (Wildman–Crippen LogP) is 4.21. The second-order valence-corrected chi connectivity index (χ2v) is 8.20. The van der Waals surface area contributed by atoms with Gasteiger partial charge in [-0.05, 0) is 50.1 Å². The Morgan fingerprint density at radius 1 is 1.24 bits per heavy atom. The van der Waals surface area contributed by atoms with E-state index < -0.39 is 0 Å². The summed E-state index contributed by atoms with van der Waals surface area (Å²) in [4.78, 5) is 21.3. The van der Waals surface area contributed by atoms with Gasteiger partial charge in [0.2, 0.25) is 0 Å². The predicted molar refractivity (Wildman–Crippen MR) is 130 cm³/mol. The summed E-state index contributed by atoms with van der Waals surface area (Å²) in [5.74, 6) is 1.68. The number of nitrogens with zero attached hydrogens (tertiary/aromatic N) is 2. The van der Waals surface area contributed by atoms with Gasteiger partial charge >= 0.3 is 0 Å². The van der Waals surface area contributed by atoms with Crippen molar-refractivity contribution in [3.05, 3.63) is 59.8 Å². The van der Waals surface area contributed by atoms with Crippen LogP contribution < -0.4 is 21.1 Å². The lowest BCUT2D eigenvalue weighted by Gasteiger charge is -2.13. The molecule has 0 bridgehead atoms. The molecule has 8 nitrogen and oxygen atoms in total. The fourth-order valence-corrected chi connectivity index (χ4v) is 3.84. The van der Waals surface area contributed by atoms with E-state index in [9.17, 15) is 4.79 Å². The number of aryl methyl sites for hydroxylation is 1. The summed E-state index contributed by atoms with van der Waals surface area (Å²) in [5.41, 5.74) is 9.50. The average Bonchev–Trinajstić information content (AvgIpc) is 3.33. The molecule has 1 aromatic heterocycles. The fourth-order valence-electron chi connectivity index (χ4n) is 3.84. The second-order valence-electron chi connectivity index (χ2n) is 8.20. The first kappa shape index (κ1) is 22.3. The number of nitrogen functional groups attached to an aromatic ring is 1. The van der Waals surface area contributed by atoms with Crippen molar-refractivity contribution >= 4 is 29.3 Å². The molecule has 1 heterocycles. The summed E-state index contributed by atoms with van der Waals surface area (Å²) in [5, 5.41) is 13.8. The molecule has 4 rings (SSSR count). The number of rotatable bonds is 8. The summed E-state index contributed by atoms with van der Waals surface area (Å²) in [7, 11) is 0. The molecule has 0 radical (unpaired) electrons. The lowest BCUT2D eigenvalue weighted by atomic mass is 10.1. The SMILES string of the molecule is Cc1cnc(-c2cccc(OCC(=O)NC3CCCC3)c2)nc1Nc1ccc(N)c(C=N)c1. The van der Waals surface area contributed by atoms with Crippen molar-refractivity contribution in [1.29, 1.82) is 5.41 Å². The maximum absolute atomic E-state index is 12.2. The Kier molecular flexibility index (Phi) is 6.83. The standard InChI is InChI=1S/C25H28N6O2/c1-16-14-28-25(31-24(16)30-20-9-10-22(27)18(11-20)13-26)17-5-4-8-21(12-17)33-15-23(32)29-19-6-2-3-7-19/h4-5,8-14,19,26H,2-3,6-7,15,27H2,1H3,(H,29,32)(H,28,30,31). The third-order valence-electron chi connectivity index (χ3n) is 5.66. The van der Waals surface area contributed by atoms with Gasteiger partial charge in [-0.15, -0.1) is 0 Å². The van der Waals surface area contributed by atoms with E-state index in [0.29, 0.717) is 28.6 Å². The minimum Gasteiger partial charge on any atom is -0.484 e. The largest absolute Gasteiger partial charge is 0.484 e. The number of nitrogens with one attached hydrogen (secondary N) is 3. The van der Waals surface area contributed by atoms with Gasteiger partial charge in [0.1, 0.15) is 11.6 Å². The summed E-state index contributed by atoms with van der Waals surface area (Å²) < 4.78 is 5.71. The van der Waals surface area contributed by atoms with Crippen LogP contribution >= 0.6 is 0 Å². The van der Waals surface area contributed by atoms with Crippen molar-refractivity contribution in [2.24, 2.45) is 0 Å². The van der Waals surface area contributed by atoms with Crippen LogP contribution in [0.15, 0.2) is 48.7 Å². The summed E-state index contributed by atoms with van der Waals surface area (Å²) in [6, 6.07) is 13.1. The molecule has 1 aliphatic rings. The Morgan fingerprint density at radius 3 is 2.85 bits per heavy atom. The van der Waals surface area contributed by atoms with Crippen molar-refractivity contribution in [2.75, 3.05) is 17.7 Å². The molecule has 5 N–H and O–H groups in total. The van der Waals surface area contributed by atoms with E-state index in [1.165, 1.54) is 19.1 Å². The minimum absolute atomic E-state index is 0.0198. The first-order chi connectivity index (χ1) is 16.0. The van der Waals surface area contributed by atoms with Gasteiger partial charge in [-0.25, -0.2) is 9.97 Å². The van der Waals surface area contributed by atoms with Crippen LogP contribution in [0.3, 0.4) is 0 Å². The third-order valence-corrected chi connectivity index (χ3v) is 5.66. The van der Waals surface area contributed by atoms with E-state index in [1.54, 1.807) is 18.3 Å². The molecule has 1 fully saturated rings. The van der Waals surface area contributed by atoms with E-state index >= 15 is 0 Å². The Morgan fingerprint density at radius 2 is 2.06 bits per heavy atom. The molecule has 1 saturated carbocycles. The normalized spacial score (nSPS) is 13.5. The lowest BCUT2D eigenvalue weighted by molar-refractivity contribution is -0.123. The van der Waals surface area contributed by atoms with Crippen LogP contribution in [-0.2, 0) is 4.79 Å². The number of carbonyl (C=O) groups excluding carboxylic acids is 1. The number of ether oxygens (including phenoxy) is 1. The zero-order valence-corrected chi connectivity index (χ0v) is 18.6. The molecule has 0 unspecified atom stereocenters. The molecule has 0 aliphatic heterocycles. The number of carbonyl (C=O) groups is 1. The molecular weight excluding hydrogens is 416 g/mol. The summed E-state index contributed by atoms with van der Waals surface area (Å²) >= 11 is 0. The maximum atomic E-state index is 12.2. The van der Waals surface area contributed by atoms with Crippen LogP contribution in [0.5, 0.6) is 5.75 Å². The van der Waals surface area contributed by atoms with E-state index in [1.807, 2.05) is 37.3 Å². The molecule has 1 amide bonds. The van der Waals surface area contributed by atoms with E-state index in [4.69, 9.17) is 15.9 Å². The smallest absolute Gasteiger partial charge is 0.258 e. The van der Waals surface area contributed by atoms with Gasteiger partial charge in [0.05, 0.1) is 0 Å². The van der Waals surface area contributed by atoms with E-state index in [2.05, 4.69) is 20.6 Å². The Labute approximate surface area is 193 Å². The van der Waals surface area contributed by atoms with Gasteiger partial charge in [-0.3, -0.25) is 4.79 Å². The van der Waals surface area contributed by atoms with Crippen LogP contribution in [0, 0.1) is 12.3 Å². The molecule has 170 valence electrons. The molecule has 1 aliphatic carbocycles. The van der Waals surface area contributed by atoms with Crippen molar-refractivity contribution in [3.8, 4) is 17.1 Å². The Bertz CT molecular complexity index is 1160. The number of hydrogen-bond donors (Lipinski definition) is 4. The number of amides is 1. The van der Waals surface area contributed by atoms with E-state index in [-0.39, 0.29) is 18.6 Å². The van der Waals surface area contributed by atoms with Crippen LogP contribution in [0.25, 0.3) is 11.4 Å². The molecule has 8 heteroatoms. The van der Waals surface area contributed by atoms with Gasteiger partial charge < -0.3 is 26.5 Å². The van der Waals surface area contributed by atoms with Crippen LogP contribution in [-0.4, -0.2) is 34.7 Å². The maximum Gasteiger partial charge on any atom is 0.258 e. The number of hydrogen-bond acceptors (Lipinski definition) is 7. The van der Waals surface area contributed by atoms with E-state index in [0.717, 1.165) is 29.7 Å². The monoisotopic (exact) mass is 444 g/mol. The highest BCUT2D eigenvalue weighted by Crippen LogP contribution is 2.26. The highest BCUT2D eigenvalue weighted by atomic mass is 16.5. The zero-order valence-electron chi connectivity index (χ0n) is 18.6. The lowest BCUT2D eigenvalue weighted by Crippen LogP contribution is -2.36. The van der Waals surface area contributed by atoms with Crippen molar-refractivity contribution in [1.82, 2.24) is 15.3 Å². The number of benzene rings is 2. The quantitative estimate of drug-likeness (QED) is 0.304. The molecule has 2 aromatic carbocycles. The van der Waals surface area contributed by atoms with Crippen LogP contribution in [0.4, 0.5) is 17.2 Å². The summed E-state index contributed by atoms with van der Waals surface area (Å²) in [6.45, 7) is 1.90.